The predicted octanol–water partition coefficient (Wildman–Crippen LogP) is 2.27. The highest BCUT2D eigenvalue weighted by Gasteiger charge is 2.28. The summed E-state index contributed by atoms with van der Waals surface area (Å²) in [6.07, 6.45) is 2.37. The SMILES string of the molecule is O=C(CSC1CCS(=O)(=O)C1)NCCCc1nc2ccccc2s1. The van der Waals surface area contributed by atoms with Crippen LogP contribution in [0.15, 0.2) is 24.3 Å². The number of benzene rings is 1. The van der Waals surface area contributed by atoms with Gasteiger partial charge >= 0.3 is 0 Å². The zero-order valence-electron chi connectivity index (χ0n) is 13.2. The number of aryl methyl sites for hydroxylation is 1. The van der Waals surface area contributed by atoms with Gasteiger partial charge in [0.15, 0.2) is 9.84 Å². The molecular weight excluding hydrogens is 364 g/mol. The number of thioether (sulfide) groups is 1. The Morgan fingerprint density at radius 2 is 2.21 bits per heavy atom. The first kappa shape index (κ1) is 17.7. The van der Waals surface area contributed by atoms with Gasteiger partial charge in [0.1, 0.15) is 0 Å². The minimum Gasteiger partial charge on any atom is -0.355 e. The molecule has 8 heteroatoms. The number of thiazole rings is 1. The van der Waals surface area contributed by atoms with Gasteiger partial charge in [-0.25, -0.2) is 13.4 Å². The van der Waals surface area contributed by atoms with Crippen molar-refractivity contribution in [2.24, 2.45) is 0 Å². The lowest BCUT2D eigenvalue weighted by atomic mass is 10.3. The zero-order chi connectivity index (χ0) is 17.0. The highest BCUT2D eigenvalue weighted by molar-refractivity contribution is 8.02. The number of hydrogen-bond acceptors (Lipinski definition) is 6. The molecule has 1 aromatic carbocycles. The number of hydrogen-bond donors (Lipinski definition) is 1. The molecule has 1 unspecified atom stereocenters. The van der Waals surface area contributed by atoms with Gasteiger partial charge in [0.05, 0.1) is 32.5 Å². The minimum atomic E-state index is -2.86. The second-order valence-corrected chi connectivity index (χ2v) is 10.5. The Hall–Kier alpha value is -1.12. The van der Waals surface area contributed by atoms with Crippen molar-refractivity contribution >= 4 is 49.1 Å². The molecular formula is C16H20N2O3S3. The van der Waals surface area contributed by atoms with Crippen LogP contribution >= 0.6 is 23.1 Å². The average Bonchev–Trinajstić information content (AvgIpc) is 3.11. The van der Waals surface area contributed by atoms with Gasteiger partial charge in [-0.2, -0.15) is 0 Å². The van der Waals surface area contributed by atoms with Crippen LogP contribution in [0.4, 0.5) is 0 Å². The first-order valence-electron chi connectivity index (χ1n) is 7.95. The predicted molar refractivity (Wildman–Crippen MR) is 100 cm³/mol. The molecule has 1 aliphatic heterocycles. The number of sulfone groups is 1. The van der Waals surface area contributed by atoms with E-state index in [1.807, 2.05) is 18.2 Å². The van der Waals surface area contributed by atoms with Crippen LogP contribution in [-0.4, -0.2) is 48.4 Å². The molecule has 1 aliphatic rings. The second-order valence-electron chi connectivity index (χ2n) is 5.86. The van der Waals surface area contributed by atoms with Crippen molar-refractivity contribution in [3.63, 3.8) is 0 Å². The molecule has 1 atom stereocenters. The largest absolute Gasteiger partial charge is 0.355 e. The molecule has 5 nitrogen and oxygen atoms in total. The number of para-hydroxylation sites is 1. The number of amides is 1. The molecule has 3 rings (SSSR count). The van der Waals surface area contributed by atoms with Gasteiger partial charge in [0.25, 0.3) is 0 Å². The number of nitrogens with one attached hydrogen (secondary N) is 1. The summed E-state index contributed by atoms with van der Waals surface area (Å²) >= 11 is 3.15. The molecule has 2 aromatic rings. The maximum atomic E-state index is 11.8. The highest BCUT2D eigenvalue weighted by Crippen LogP contribution is 2.24. The number of fused-ring (bicyclic) bond motifs is 1. The fraction of sp³-hybridized carbons (Fsp3) is 0.500. The van der Waals surface area contributed by atoms with Crippen LogP contribution < -0.4 is 5.32 Å². The monoisotopic (exact) mass is 384 g/mol. The van der Waals surface area contributed by atoms with E-state index in [-0.39, 0.29) is 22.7 Å². The number of carbonyl (C=O) groups excluding carboxylic acids is 1. The molecule has 0 radical (unpaired) electrons. The topological polar surface area (TPSA) is 76.1 Å². The van der Waals surface area contributed by atoms with E-state index in [1.54, 1.807) is 11.3 Å². The minimum absolute atomic E-state index is 0.0198. The Kier molecular flexibility index (Phi) is 5.78. The molecule has 1 aromatic heterocycles. The maximum absolute atomic E-state index is 11.8. The maximum Gasteiger partial charge on any atom is 0.230 e. The molecule has 0 saturated carbocycles. The van der Waals surface area contributed by atoms with E-state index in [0.717, 1.165) is 23.4 Å². The van der Waals surface area contributed by atoms with Crippen LogP contribution in [0, 0.1) is 0 Å². The molecule has 2 heterocycles. The van der Waals surface area contributed by atoms with Gasteiger partial charge in [-0.05, 0) is 25.0 Å². The zero-order valence-corrected chi connectivity index (χ0v) is 15.7. The summed E-state index contributed by atoms with van der Waals surface area (Å²) in [4.78, 5) is 16.4. The number of nitrogens with zero attached hydrogens (tertiary/aromatic N) is 1. The second kappa shape index (κ2) is 7.84. The Balaban J connectivity index is 1.33. The van der Waals surface area contributed by atoms with E-state index in [9.17, 15) is 13.2 Å². The molecule has 130 valence electrons. The third-order valence-corrected chi connectivity index (χ3v) is 8.25. The van der Waals surface area contributed by atoms with Crippen LogP contribution in [0.3, 0.4) is 0 Å². The van der Waals surface area contributed by atoms with Crippen molar-refractivity contribution in [1.82, 2.24) is 10.3 Å². The van der Waals surface area contributed by atoms with Gasteiger partial charge in [-0.1, -0.05) is 12.1 Å². The Labute approximate surface area is 150 Å². The summed E-state index contributed by atoms with van der Waals surface area (Å²) in [6.45, 7) is 0.623. The smallest absolute Gasteiger partial charge is 0.230 e. The molecule has 24 heavy (non-hydrogen) atoms. The summed E-state index contributed by atoms with van der Waals surface area (Å²) < 4.78 is 23.9. The normalized spacial score (nSPS) is 19.6. The van der Waals surface area contributed by atoms with E-state index < -0.39 is 9.84 Å². The lowest BCUT2D eigenvalue weighted by Crippen LogP contribution is -2.27. The molecule has 1 fully saturated rings. The van der Waals surface area contributed by atoms with Gasteiger partial charge in [-0.15, -0.1) is 23.1 Å². The summed E-state index contributed by atoms with van der Waals surface area (Å²) in [7, 11) is -2.86. The van der Waals surface area contributed by atoms with E-state index in [4.69, 9.17) is 0 Å². The number of aromatic nitrogens is 1. The molecule has 1 saturated heterocycles. The highest BCUT2D eigenvalue weighted by atomic mass is 32.2. The Morgan fingerprint density at radius 3 is 2.96 bits per heavy atom. The summed E-state index contributed by atoms with van der Waals surface area (Å²) in [6, 6.07) is 8.08. The van der Waals surface area contributed by atoms with Crippen LogP contribution in [0.5, 0.6) is 0 Å². The third kappa shape index (κ3) is 4.94. The Bertz CT molecular complexity index is 784. The number of carbonyl (C=O) groups is 1. The number of rotatable bonds is 7. The van der Waals surface area contributed by atoms with Crippen LogP contribution in [0.25, 0.3) is 10.2 Å². The van der Waals surface area contributed by atoms with Crippen molar-refractivity contribution in [3.05, 3.63) is 29.3 Å². The van der Waals surface area contributed by atoms with Gasteiger partial charge in [0, 0.05) is 18.2 Å². The average molecular weight is 385 g/mol. The Morgan fingerprint density at radius 1 is 1.38 bits per heavy atom. The van der Waals surface area contributed by atoms with Crippen molar-refractivity contribution in [3.8, 4) is 0 Å². The standard InChI is InChI=1S/C16H20N2O3S3/c19-15(10-22-12-7-9-24(20,21)11-12)17-8-3-6-16-18-13-4-1-2-5-14(13)23-16/h1-2,4-5,12H,3,6-11H2,(H,17,19). The van der Waals surface area contributed by atoms with Crippen LogP contribution in [-0.2, 0) is 21.1 Å². The molecule has 0 bridgehead atoms. The molecule has 1 N–H and O–H groups in total. The summed E-state index contributed by atoms with van der Waals surface area (Å²) in [5.74, 6) is 0.784. The summed E-state index contributed by atoms with van der Waals surface area (Å²) in [5, 5.41) is 4.07. The van der Waals surface area contributed by atoms with Crippen molar-refractivity contribution in [1.29, 1.82) is 0 Å². The van der Waals surface area contributed by atoms with Gasteiger partial charge < -0.3 is 5.32 Å². The van der Waals surface area contributed by atoms with Crippen molar-refractivity contribution in [2.75, 3.05) is 23.8 Å². The molecule has 0 aliphatic carbocycles. The van der Waals surface area contributed by atoms with Gasteiger partial charge in [-0.3, -0.25) is 4.79 Å². The fourth-order valence-electron chi connectivity index (χ4n) is 2.63. The lowest BCUT2D eigenvalue weighted by molar-refractivity contribution is -0.118. The van der Waals surface area contributed by atoms with E-state index in [0.29, 0.717) is 18.7 Å². The summed E-state index contributed by atoms with van der Waals surface area (Å²) in [5.41, 5.74) is 1.03. The molecule has 0 spiro atoms. The lowest BCUT2D eigenvalue weighted by Gasteiger charge is -2.08. The van der Waals surface area contributed by atoms with Crippen molar-refractivity contribution < 1.29 is 13.2 Å². The molecule has 1 amide bonds. The van der Waals surface area contributed by atoms with Gasteiger partial charge in [0.2, 0.25) is 5.91 Å². The van der Waals surface area contributed by atoms with E-state index in [1.165, 1.54) is 16.5 Å². The quantitative estimate of drug-likeness (QED) is 0.741. The van der Waals surface area contributed by atoms with E-state index in [2.05, 4.69) is 16.4 Å². The first-order chi connectivity index (χ1) is 11.5. The fourth-order valence-corrected chi connectivity index (χ4v) is 7.11. The van der Waals surface area contributed by atoms with E-state index >= 15 is 0 Å². The van der Waals surface area contributed by atoms with Crippen molar-refractivity contribution in [2.45, 2.75) is 24.5 Å². The van der Waals surface area contributed by atoms with Crippen LogP contribution in [0.1, 0.15) is 17.8 Å². The third-order valence-electron chi connectivity index (χ3n) is 3.87. The first-order valence-corrected chi connectivity index (χ1v) is 11.6. The van der Waals surface area contributed by atoms with Crippen LogP contribution in [0.2, 0.25) is 0 Å².